The van der Waals surface area contributed by atoms with Gasteiger partial charge in [-0.15, -0.1) is 0 Å². The van der Waals surface area contributed by atoms with Gasteiger partial charge in [-0.2, -0.15) is 0 Å². The van der Waals surface area contributed by atoms with E-state index in [1.807, 2.05) is 6.07 Å². The molecule has 1 rings (SSSR count). The van der Waals surface area contributed by atoms with Crippen LogP contribution in [-0.4, -0.2) is 22.6 Å². The van der Waals surface area contributed by atoms with E-state index in [9.17, 15) is 0 Å². The van der Waals surface area contributed by atoms with E-state index >= 15 is 0 Å². The SMILES string of the molecule is CCNc1cc(NC(CC)C(C)C)nc(C(C)C)n1. The molecule has 0 radical (unpaired) electrons. The van der Waals surface area contributed by atoms with Crippen molar-refractivity contribution in [2.45, 2.75) is 59.9 Å². The third-order valence-corrected chi connectivity index (χ3v) is 3.20. The van der Waals surface area contributed by atoms with Gasteiger partial charge in [-0.05, 0) is 19.3 Å². The molecule has 1 aromatic rings. The largest absolute Gasteiger partial charge is 0.370 e. The van der Waals surface area contributed by atoms with E-state index in [0.29, 0.717) is 17.9 Å². The van der Waals surface area contributed by atoms with Gasteiger partial charge in [0.2, 0.25) is 0 Å². The molecular weight excluding hydrogens is 236 g/mol. The third-order valence-electron chi connectivity index (χ3n) is 3.20. The highest BCUT2D eigenvalue weighted by molar-refractivity contribution is 5.48. The van der Waals surface area contributed by atoms with Gasteiger partial charge in [-0.25, -0.2) is 9.97 Å². The molecule has 108 valence electrons. The third kappa shape index (κ3) is 4.69. The summed E-state index contributed by atoms with van der Waals surface area (Å²) in [6.07, 6.45) is 1.09. The standard InChI is InChI=1S/C15H28N4/c1-7-12(10(3)4)17-14-9-13(16-8-2)18-15(19-14)11(5)6/h9-12H,7-8H2,1-6H3,(H2,16,17,18,19). The Hall–Kier alpha value is -1.32. The Balaban J connectivity index is 2.98. The van der Waals surface area contributed by atoms with E-state index in [1.165, 1.54) is 0 Å². The second kappa shape index (κ2) is 7.31. The van der Waals surface area contributed by atoms with Crippen molar-refractivity contribution in [2.24, 2.45) is 5.92 Å². The lowest BCUT2D eigenvalue weighted by Gasteiger charge is -2.22. The molecule has 2 N–H and O–H groups in total. The van der Waals surface area contributed by atoms with Crippen LogP contribution >= 0.6 is 0 Å². The molecule has 19 heavy (non-hydrogen) atoms. The molecule has 4 heteroatoms. The van der Waals surface area contributed by atoms with E-state index in [4.69, 9.17) is 0 Å². The normalized spacial score (nSPS) is 12.8. The molecule has 0 amide bonds. The van der Waals surface area contributed by atoms with Crippen molar-refractivity contribution in [1.29, 1.82) is 0 Å². The van der Waals surface area contributed by atoms with Crippen molar-refractivity contribution in [2.75, 3.05) is 17.2 Å². The zero-order valence-corrected chi connectivity index (χ0v) is 13.1. The van der Waals surface area contributed by atoms with Crippen LogP contribution < -0.4 is 10.6 Å². The fourth-order valence-electron chi connectivity index (χ4n) is 2.00. The summed E-state index contributed by atoms with van der Waals surface area (Å²) in [4.78, 5) is 9.16. The van der Waals surface area contributed by atoms with Gasteiger partial charge in [0, 0.05) is 24.6 Å². The lowest BCUT2D eigenvalue weighted by Crippen LogP contribution is -2.25. The molecule has 0 saturated carbocycles. The summed E-state index contributed by atoms with van der Waals surface area (Å²) < 4.78 is 0. The molecule has 0 aromatic carbocycles. The molecule has 0 aliphatic carbocycles. The highest BCUT2D eigenvalue weighted by Gasteiger charge is 2.13. The number of anilines is 2. The fraction of sp³-hybridized carbons (Fsp3) is 0.733. The number of rotatable bonds is 7. The highest BCUT2D eigenvalue weighted by atomic mass is 15.1. The van der Waals surface area contributed by atoms with Crippen molar-refractivity contribution in [3.63, 3.8) is 0 Å². The maximum absolute atomic E-state index is 4.62. The van der Waals surface area contributed by atoms with Gasteiger partial charge >= 0.3 is 0 Å². The molecule has 0 bridgehead atoms. The molecule has 0 fully saturated rings. The van der Waals surface area contributed by atoms with Gasteiger partial charge < -0.3 is 10.6 Å². The van der Waals surface area contributed by atoms with Crippen LogP contribution in [0.5, 0.6) is 0 Å². The highest BCUT2D eigenvalue weighted by Crippen LogP contribution is 2.19. The number of aromatic nitrogens is 2. The first kappa shape index (κ1) is 15.7. The van der Waals surface area contributed by atoms with Gasteiger partial charge in [0.25, 0.3) is 0 Å². The number of nitrogens with one attached hydrogen (secondary N) is 2. The van der Waals surface area contributed by atoms with Gasteiger partial charge in [0.1, 0.15) is 17.5 Å². The van der Waals surface area contributed by atoms with E-state index in [0.717, 1.165) is 30.4 Å². The first-order chi connectivity index (χ1) is 8.97. The van der Waals surface area contributed by atoms with E-state index < -0.39 is 0 Å². The van der Waals surface area contributed by atoms with E-state index in [2.05, 4.69) is 62.1 Å². The Kier molecular flexibility index (Phi) is 6.06. The second-order valence-corrected chi connectivity index (χ2v) is 5.58. The topological polar surface area (TPSA) is 49.8 Å². The average molecular weight is 264 g/mol. The summed E-state index contributed by atoms with van der Waals surface area (Å²) >= 11 is 0. The predicted octanol–water partition coefficient (Wildman–Crippen LogP) is 3.88. The van der Waals surface area contributed by atoms with Crippen molar-refractivity contribution in [1.82, 2.24) is 9.97 Å². The quantitative estimate of drug-likeness (QED) is 0.784. The van der Waals surface area contributed by atoms with Crippen LogP contribution in [0.15, 0.2) is 6.07 Å². The van der Waals surface area contributed by atoms with Crippen LogP contribution in [0.4, 0.5) is 11.6 Å². The Morgan fingerprint density at radius 2 is 1.68 bits per heavy atom. The number of hydrogen-bond donors (Lipinski definition) is 2. The van der Waals surface area contributed by atoms with Crippen LogP contribution in [-0.2, 0) is 0 Å². The molecule has 1 heterocycles. The summed E-state index contributed by atoms with van der Waals surface area (Å²) in [5.41, 5.74) is 0. The molecule has 1 aromatic heterocycles. The first-order valence-corrected chi connectivity index (χ1v) is 7.37. The van der Waals surface area contributed by atoms with Gasteiger partial charge in [0.15, 0.2) is 0 Å². The van der Waals surface area contributed by atoms with Crippen LogP contribution in [0, 0.1) is 5.92 Å². The van der Waals surface area contributed by atoms with E-state index in [1.54, 1.807) is 0 Å². The summed E-state index contributed by atoms with van der Waals surface area (Å²) in [6.45, 7) is 13.9. The van der Waals surface area contributed by atoms with Gasteiger partial charge in [-0.3, -0.25) is 0 Å². The number of nitrogens with zero attached hydrogens (tertiary/aromatic N) is 2. The number of hydrogen-bond acceptors (Lipinski definition) is 4. The molecule has 4 nitrogen and oxygen atoms in total. The Bertz CT molecular complexity index is 388. The summed E-state index contributed by atoms with van der Waals surface area (Å²) in [5, 5.41) is 6.80. The maximum Gasteiger partial charge on any atom is 0.135 e. The molecule has 1 atom stereocenters. The molecule has 1 unspecified atom stereocenters. The minimum absolute atomic E-state index is 0.332. The predicted molar refractivity (Wildman–Crippen MR) is 82.8 cm³/mol. The maximum atomic E-state index is 4.62. The Morgan fingerprint density at radius 1 is 1.05 bits per heavy atom. The summed E-state index contributed by atoms with van der Waals surface area (Å²) in [7, 11) is 0. The minimum atomic E-state index is 0.332. The lowest BCUT2D eigenvalue weighted by molar-refractivity contribution is 0.509. The smallest absolute Gasteiger partial charge is 0.135 e. The molecule has 0 aliphatic heterocycles. The Morgan fingerprint density at radius 3 is 2.16 bits per heavy atom. The van der Waals surface area contributed by atoms with Crippen LogP contribution in [0.3, 0.4) is 0 Å². The molecule has 0 aliphatic rings. The van der Waals surface area contributed by atoms with Crippen LogP contribution in [0.2, 0.25) is 0 Å². The van der Waals surface area contributed by atoms with E-state index in [-0.39, 0.29) is 0 Å². The summed E-state index contributed by atoms with van der Waals surface area (Å²) in [6, 6.07) is 2.45. The van der Waals surface area contributed by atoms with Crippen LogP contribution in [0.25, 0.3) is 0 Å². The summed E-state index contributed by atoms with van der Waals surface area (Å²) in [5.74, 6) is 3.64. The fourth-order valence-corrected chi connectivity index (χ4v) is 2.00. The van der Waals surface area contributed by atoms with Crippen molar-refractivity contribution in [3.05, 3.63) is 11.9 Å². The zero-order valence-electron chi connectivity index (χ0n) is 13.1. The van der Waals surface area contributed by atoms with Gasteiger partial charge in [-0.1, -0.05) is 34.6 Å². The lowest BCUT2D eigenvalue weighted by atomic mass is 10.0. The van der Waals surface area contributed by atoms with Crippen molar-refractivity contribution < 1.29 is 0 Å². The second-order valence-electron chi connectivity index (χ2n) is 5.58. The van der Waals surface area contributed by atoms with Crippen molar-refractivity contribution >= 4 is 11.6 Å². The average Bonchev–Trinajstić information content (AvgIpc) is 2.35. The van der Waals surface area contributed by atoms with Gasteiger partial charge in [0.05, 0.1) is 0 Å². The monoisotopic (exact) mass is 264 g/mol. The molecule has 0 spiro atoms. The molecule has 0 saturated heterocycles. The van der Waals surface area contributed by atoms with Crippen LogP contribution in [0.1, 0.15) is 59.7 Å². The first-order valence-electron chi connectivity index (χ1n) is 7.37. The van der Waals surface area contributed by atoms with Crippen molar-refractivity contribution in [3.8, 4) is 0 Å². The minimum Gasteiger partial charge on any atom is -0.370 e. The zero-order chi connectivity index (χ0) is 14.4. The Labute approximate surface area is 117 Å². The molecular formula is C15H28N4.